The summed E-state index contributed by atoms with van der Waals surface area (Å²) in [4.78, 5) is 10.2. The largest absolute Gasteiger partial charge is 0.431 e. The molecule has 0 bridgehead atoms. The molecule has 0 spiro atoms. The fourth-order valence-electron chi connectivity index (χ4n) is 0.236. The highest BCUT2D eigenvalue weighted by molar-refractivity contribution is 5.72. The van der Waals surface area contributed by atoms with Gasteiger partial charge in [0.2, 0.25) is 0 Å². The van der Waals surface area contributed by atoms with Crippen molar-refractivity contribution < 1.29 is 9.53 Å². The van der Waals surface area contributed by atoms with Gasteiger partial charge in [0.1, 0.15) is 0 Å². The van der Waals surface area contributed by atoms with Crippen LogP contribution in [0.15, 0.2) is 12.3 Å². The Morgan fingerprint density at radius 3 is 2.50 bits per heavy atom. The zero-order chi connectivity index (χ0) is 6.57. The summed E-state index contributed by atoms with van der Waals surface area (Å²) in [5.41, 5.74) is 4.90. The van der Waals surface area contributed by atoms with Crippen LogP contribution < -0.4 is 5.73 Å². The van der Waals surface area contributed by atoms with Crippen molar-refractivity contribution in [1.82, 2.24) is 0 Å². The lowest BCUT2D eigenvalue weighted by Crippen LogP contribution is -2.15. The summed E-state index contributed by atoms with van der Waals surface area (Å²) in [7, 11) is 0. The molecule has 0 radical (unpaired) electrons. The Kier molecular flexibility index (Phi) is 2.88. The first-order valence-corrected chi connectivity index (χ1v) is 2.23. The van der Waals surface area contributed by atoms with Gasteiger partial charge in [0.05, 0.1) is 12.3 Å². The first kappa shape index (κ1) is 7.17. The summed E-state index contributed by atoms with van der Waals surface area (Å²) in [6, 6.07) is 0. The summed E-state index contributed by atoms with van der Waals surface area (Å²) in [5.74, 6) is -0.0713. The molecule has 0 fully saturated rings. The number of hydrogen-bond donors (Lipinski definition) is 1. The predicted molar refractivity (Wildman–Crippen MR) is 30.0 cm³/mol. The van der Waals surface area contributed by atoms with E-state index in [9.17, 15) is 4.79 Å². The van der Waals surface area contributed by atoms with Gasteiger partial charge < -0.3 is 10.5 Å². The Bertz CT molecular complexity index is 109. The van der Waals surface area contributed by atoms with Gasteiger partial charge in [-0.15, -0.1) is 0 Å². The minimum absolute atomic E-state index is 0.0904. The number of carbonyl (C=O) groups is 1. The van der Waals surface area contributed by atoms with Crippen molar-refractivity contribution in [3.63, 3.8) is 0 Å². The van der Waals surface area contributed by atoms with Crippen molar-refractivity contribution in [2.24, 2.45) is 5.73 Å². The summed E-state index contributed by atoms with van der Waals surface area (Å²) >= 11 is 0. The predicted octanol–water partition coefficient (Wildman–Crippen LogP) is 0.0219. The number of nitrogens with two attached hydrogens (primary N) is 1. The monoisotopic (exact) mass is 115 g/mol. The SMILES string of the molecule is C=C(C)OC(=O)CN. The van der Waals surface area contributed by atoms with Gasteiger partial charge in [-0.25, -0.2) is 0 Å². The number of ether oxygens (including phenoxy) is 1. The molecule has 3 nitrogen and oxygen atoms in total. The van der Waals surface area contributed by atoms with Crippen LogP contribution in [0.25, 0.3) is 0 Å². The van der Waals surface area contributed by atoms with E-state index < -0.39 is 5.97 Å². The van der Waals surface area contributed by atoms with E-state index in [0.717, 1.165) is 0 Å². The second-order valence-electron chi connectivity index (χ2n) is 1.38. The van der Waals surface area contributed by atoms with E-state index in [0.29, 0.717) is 5.76 Å². The van der Waals surface area contributed by atoms with Gasteiger partial charge in [-0.3, -0.25) is 4.79 Å². The highest BCUT2D eigenvalue weighted by atomic mass is 16.5. The molecule has 0 heterocycles. The molecule has 0 saturated carbocycles. The quantitative estimate of drug-likeness (QED) is 0.408. The smallest absolute Gasteiger partial charge is 0.324 e. The maximum Gasteiger partial charge on any atom is 0.324 e. The van der Waals surface area contributed by atoms with Crippen molar-refractivity contribution in [2.45, 2.75) is 6.92 Å². The van der Waals surface area contributed by atoms with Crippen molar-refractivity contribution in [2.75, 3.05) is 6.54 Å². The topological polar surface area (TPSA) is 52.3 Å². The summed E-state index contributed by atoms with van der Waals surface area (Å²) in [6.45, 7) is 4.84. The van der Waals surface area contributed by atoms with E-state index in [1.165, 1.54) is 0 Å². The van der Waals surface area contributed by atoms with Gasteiger partial charge in [0.25, 0.3) is 0 Å². The summed E-state index contributed by atoms with van der Waals surface area (Å²) in [5, 5.41) is 0. The maximum atomic E-state index is 10.2. The zero-order valence-electron chi connectivity index (χ0n) is 4.81. The minimum Gasteiger partial charge on any atom is -0.431 e. The first-order chi connectivity index (χ1) is 3.66. The van der Waals surface area contributed by atoms with Crippen LogP contribution in [0.1, 0.15) is 6.92 Å². The molecule has 0 unspecified atom stereocenters. The second kappa shape index (κ2) is 3.21. The number of hydrogen-bond acceptors (Lipinski definition) is 3. The van der Waals surface area contributed by atoms with Crippen LogP contribution in [0.3, 0.4) is 0 Å². The first-order valence-electron chi connectivity index (χ1n) is 2.23. The van der Waals surface area contributed by atoms with Crippen LogP contribution >= 0.6 is 0 Å². The van der Waals surface area contributed by atoms with E-state index in [-0.39, 0.29) is 6.54 Å². The summed E-state index contributed by atoms with van der Waals surface area (Å²) < 4.78 is 4.44. The second-order valence-corrected chi connectivity index (χ2v) is 1.38. The van der Waals surface area contributed by atoms with Gasteiger partial charge >= 0.3 is 5.97 Å². The fraction of sp³-hybridized carbons (Fsp3) is 0.400. The third-order valence-electron chi connectivity index (χ3n) is 0.455. The molecule has 0 aromatic carbocycles. The highest BCUT2D eigenvalue weighted by Gasteiger charge is 1.95. The van der Waals surface area contributed by atoms with E-state index in [2.05, 4.69) is 11.3 Å². The molecule has 0 aromatic heterocycles. The molecule has 0 rings (SSSR count). The van der Waals surface area contributed by atoms with Crippen LogP contribution in [0, 0.1) is 0 Å². The van der Waals surface area contributed by atoms with E-state index in [1.807, 2.05) is 0 Å². The molecule has 0 amide bonds. The molecule has 8 heavy (non-hydrogen) atoms. The number of allylic oxidation sites excluding steroid dienone is 1. The maximum absolute atomic E-state index is 10.2. The molecule has 0 atom stereocenters. The van der Waals surface area contributed by atoms with Crippen molar-refractivity contribution in [3.8, 4) is 0 Å². The van der Waals surface area contributed by atoms with Crippen molar-refractivity contribution in [1.29, 1.82) is 0 Å². The molecule has 0 aliphatic heterocycles. The highest BCUT2D eigenvalue weighted by Crippen LogP contribution is 1.87. The van der Waals surface area contributed by atoms with Crippen molar-refractivity contribution >= 4 is 5.97 Å². The Labute approximate surface area is 48.1 Å². The molecule has 3 heteroatoms. The van der Waals surface area contributed by atoms with Gasteiger partial charge in [0, 0.05) is 0 Å². The standard InChI is InChI=1S/C5H9NO2/c1-4(2)8-5(7)3-6/h1,3,6H2,2H3. The van der Waals surface area contributed by atoms with Gasteiger partial charge in [-0.1, -0.05) is 6.58 Å². The molecule has 0 aliphatic carbocycles. The Morgan fingerprint density at radius 2 is 2.38 bits per heavy atom. The van der Waals surface area contributed by atoms with Crippen LogP contribution in [-0.4, -0.2) is 12.5 Å². The van der Waals surface area contributed by atoms with Crippen molar-refractivity contribution in [3.05, 3.63) is 12.3 Å². The molecular formula is C5H9NO2. The fourth-order valence-corrected chi connectivity index (χ4v) is 0.236. The molecule has 46 valence electrons. The third kappa shape index (κ3) is 3.36. The normalized spacial score (nSPS) is 8.25. The Hall–Kier alpha value is -0.830. The number of rotatable bonds is 2. The lowest BCUT2D eigenvalue weighted by molar-refractivity contribution is -0.137. The van der Waals surface area contributed by atoms with Crippen LogP contribution in [-0.2, 0) is 9.53 Å². The lowest BCUT2D eigenvalue weighted by atomic mass is 10.6. The van der Waals surface area contributed by atoms with E-state index in [1.54, 1.807) is 6.92 Å². The summed E-state index contributed by atoms with van der Waals surface area (Å²) in [6.07, 6.45) is 0. The van der Waals surface area contributed by atoms with Gasteiger partial charge in [-0.05, 0) is 6.92 Å². The van der Waals surface area contributed by atoms with Crippen LogP contribution in [0.4, 0.5) is 0 Å². The minimum atomic E-state index is -0.447. The Morgan fingerprint density at radius 1 is 1.88 bits per heavy atom. The molecule has 0 saturated heterocycles. The number of carbonyl (C=O) groups excluding carboxylic acids is 1. The zero-order valence-corrected chi connectivity index (χ0v) is 4.81. The molecule has 0 aromatic rings. The third-order valence-corrected chi connectivity index (χ3v) is 0.455. The Balaban J connectivity index is 3.40. The van der Waals surface area contributed by atoms with Crippen LogP contribution in [0.5, 0.6) is 0 Å². The molecule has 2 N–H and O–H groups in total. The average Bonchev–Trinajstić information content (AvgIpc) is 1.65. The lowest BCUT2D eigenvalue weighted by Gasteiger charge is -1.97. The number of esters is 1. The molecule has 0 aliphatic rings. The van der Waals surface area contributed by atoms with E-state index in [4.69, 9.17) is 5.73 Å². The van der Waals surface area contributed by atoms with Gasteiger partial charge in [-0.2, -0.15) is 0 Å². The van der Waals surface area contributed by atoms with Gasteiger partial charge in [0.15, 0.2) is 0 Å². The average molecular weight is 115 g/mol. The van der Waals surface area contributed by atoms with E-state index >= 15 is 0 Å². The van der Waals surface area contributed by atoms with Crippen LogP contribution in [0.2, 0.25) is 0 Å². The molecular weight excluding hydrogens is 106 g/mol.